The number of nitrogens with zero attached hydrogens (tertiary/aromatic N) is 1. The molecule has 1 aliphatic heterocycles. The minimum Gasteiger partial charge on any atom is -0.355 e. The summed E-state index contributed by atoms with van der Waals surface area (Å²) in [5.41, 5.74) is 1.09. The molecule has 0 saturated carbocycles. The van der Waals surface area contributed by atoms with E-state index in [2.05, 4.69) is 10.6 Å². The van der Waals surface area contributed by atoms with Crippen LogP contribution < -0.4 is 10.6 Å². The van der Waals surface area contributed by atoms with Crippen LogP contribution in [0.1, 0.15) is 27.1 Å². The first-order chi connectivity index (χ1) is 9.22. The van der Waals surface area contributed by atoms with Gasteiger partial charge in [0.2, 0.25) is 0 Å². The number of amides is 2. The lowest BCUT2D eigenvalue weighted by Crippen LogP contribution is -2.34. The molecule has 1 heterocycles. The van der Waals surface area contributed by atoms with Gasteiger partial charge in [-0.25, -0.2) is 0 Å². The van der Waals surface area contributed by atoms with E-state index in [1.54, 1.807) is 31.3 Å². The van der Waals surface area contributed by atoms with Crippen molar-refractivity contribution in [1.82, 2.24) is 15.5 Å². The van der Waals surface area contributed by atoms with Crippen molar-refractivity contribution in [1.29, 1.82) is 0 Å². The maximum Gasteiger partial charge on any atom is 0.253 e. The topological polar surface area (TPSA) is 61.4 Å². The zero-order chi connectivity index (χ0) is 13.7. The van der Waals surface area contributed by atoms with Crippen molar-refractivity contribution in [2.24, 2.45) is 0 Å². The van der Waals surface area contributed by atoms with Gasteiger partial charge in [0, 0.05) is 37.8 Å². The smallest absolute Gasteiger partial charge is 0.253 e. The minimum absolute atomic E-state index is 0.00514. The molecule has 1 aliphatic rings. The predicted molar refractivity (Wildman–Crippen MR) is 73.2 cm³/mol. The van der Waals surface area contributed by atoms with Crippen LogP contribution in [-0.2, 0) is 0 Å². The molecule has 0 aliphatic carbocycles. The van der Waals surface area contributed by atoms with E-state index < -0.39 is 0 Å². The zero-order valence-electron chi connectivity index (χ0n) is 11.1. The number of hydrogen-bond donors (Lipinski definition) is 2. The van der Waals surface area contributed by atoms with Crippen molar-refractivity contribution < 1.29 is 9.59 Å². The Morgan fingerprint density at radius 2 is 2.00 bits per heavy atom. The Balaban J connectivity index is 2.16. The molecule has 0 bridgehead atoms. The van der Waals surface area contributed by atoms with Gasteiger partial charge in [-0.15, -0.1) is 0 Å². The van der Waals surface area contributed by atoms with Crippen LogP contribution in [0.2, 0.25) is 0 Å². The summed E-state index contributed by atoms with van der Waals surface area (Å²) in [4.78, 5) is 25.8. The fraction of sp³-hybridized carbons (Fsp3) is 0.429. The number of carbonyl (C=O) groups is 2. The molecule has 19 heavy (non-hydrogen) atoms. The third kappa shape index (κ3) is 3.32. The van der Waals surface area contributed by atoms with Gasteiger partial charge in [0.1, 0.15) is 0 Å². The van der Waals surface area contributed by atoms with Gasteiger partial charge in [0.05, 0.1) is 0 Å². The van der Waals surface area contributed by atoms with Gasteiger partial charge >= 0.3 is 0 Å². The lowest BCUT2D eigenvalue weighted by atomic mass is 10.1. The Bertz CT molecular complexity index is 466. The molecule has 102 valence electrons. The summed E-state index contributed by atoms with van der Waals surface area (Å²) in [6.07, 6.45) is 0.959. The normalized spacial score (nSPS) is 15.7. The predicted octanol–water partition coefficient (Wildman–Crippen LogP) is 0.482. The van der Waals surface area contributed by atoms with Crippen LogP contribution in [0, 0.1) is 0 Å². The Morgan fingerprint density at radius 1 is 1.21 bits per heavy atom. The summed E-state index contributed by atoms with van der Waals surface area (Å²) in [5, 5.41) is 5.83. The molecule has 5 nitrogen and oxygen atoms in total. The van der Waals surface area contributed by atoms with E-state index in [4.69, 9.17) is 0 Å². The van der Waals surface area contributed by atoms with Gasteiger partial charge in [-0.3, -0.25) is 9.59 Å². The number of nitrogens with one attached hydrogen (secondary N) is 2. The molecule has 2 amide bonds. The second-order valence-electron chi connectivity index (χ2n) is 4.56. The standard InChI is InChI=1S/C14H19N3O2/c1-15-13(18)11-4-2-5-12(10-11)14(19)17-8-3-6-16-7-9-17/h2,4-5,10,16H,3,6-9H2,1H3,(H,15,18). The maximum absolute atomic E-state index is 12.4. The highest BCUT2D eigenvalue weighted by atomic mass is 16.2. The molecule has 2 N–H and O–H groups in total. The van der Waals surface area contributed by atoms with Crippen LogP contribution in [0.5, 0.6) is 0 Å². The van der Waals surface area contributed by atoms with E-state index in [-0.39, 0.29) is 11.8 Å². The number of rotatable bonds is 2. The molecule has 0 radical (unpaired) electrons. The highest BCUT2D eigenvalue weighted by molar-refractivity contribution is 5.99. The highest BCUT2D eigenvalue weighted by Gasteiger charge is 2.17. The lowest BCUT2D eigenvalue weighted by molar-refractivity contribution is 0.0766. The second-order valence-corrected chi connectivity index (χ2v) is 4.56. The summed E-state index contributed by atoms with van der Waals surface area (Å²) in [5.74, 6) is -0.179. The summed E-state index contributed by atoms with van der Waals surface area (Å²) in [6, 6.07) is 6.86. The first-order valence-corrected chi connectivity index (χ1v) is 6.54. The van der Waals surface area contributed by atoms with E-state index in [1.807, 2.05) is 4.90 Å². The zero-order valence-corrected chi connectivity index (χ0v) is 11.1. The number of carbonyl (C=O) groups excluding carboxylic acids is 2. The quantitative estimate of drug-likeness (QED) is 0.814. The van der Waals surface area contributed by atoms with Crippen molar-refractivity contribution in [3.05, 3.63) is 35.4 Å². The molecule has 1 aromatic rings. The number of benzene rings is 1. The van der Waals surface area contributed by atoms with Gasteiger partial charge in [0.15, 0.2) is 0 Å². The van der Waals surface area contributed by atoms with Crippen LogP contribution in [0.25, 0.3) is 0 Å². The van der Waals surface area contributed by atoms with Crippen molar-refractivity contribution in [2.75, 3.05) is 33.2 Å². The van der Waals surface area contributed by atoms with Crippen LogP contribution in [0.4, 0.5) is 0 Å². The summed E-state index contributed by atoms with van der Waals surface area (Å²) in [6.45, 7) is 3.24. The molecular formula is C14H19N3O2. The third-order valence-electron chi connectivity index (χ3n) is 3.23. The van der Waals surface area contributed by atoms with Crippen molar-refractivity contribution >= 4 is 11.8 Å². The summed E-state index contributed by atoms with van der Waals surface area (Å²) in [7, 11) is 1.58. The molecule has 1 fully saturated rings. The average molecular weight is 261 g/mol. The Hall–Kier alpha value is -1.88. The van der Waals surface area contributed by atoms with E-state index in [0.29, 0.717) is 17.7 Å². The molecular weight excluding hydrogens is 242 g/mol. The van der Waals surface area contributed by atoms with Crippen LogP contribution >= 0.6 is 0 Å². The van der Waals surface area contributed by atoms with Gasteiger partial charge < -0.3 is 15.5 Å². The first kappa shape index (κ1) is 13.5. The molecule has 2 rings (SSSR count). The van der Waals surface area contributed by atoms with Gasteiger partial charge in [-0.1, -0.05) is 6.07 Å². The molecule has 1 saturated heterocycles. The molecule has 5 heteroatoms. The van der Waals surface area contributed by atoms with Gasteiger partial charge in [-0.2, -0.15) is 0 Å². The van der Waals surface area contributed by atoms with E-state index in [1.165, 1.54) is 0 Å². The Labute approximate surface area is 113 Å². The van der Waals surface area contributed by atoms with Gasteiger partial charge in [-0.05, 0) is 31.2 Å². The van der Waals surface area contributed by atoms with E-state index >= 15 is 0 Å². The third-order valence-corrected chi connectivity index (χ3v) is 3.23. The number of hydrogen-bond acceptors (Lipinski definition) is 3. The Kier molecular flexibility index (Phi) is 4.52. The molecule has 0 spiro atoms. The fourth-order valence-electron chi connectivity index (χ4n) is 2.17. The second kappa shape index (κ2) is 6.33. The Morgan fingerprint density at radius 3 is 2.79 bits per heavy atom. The maximum atomic E-state index is 12.4. The van der Waals surface area contributed by atoms with Gasteiger partial charge in [0.25, 0.3) is 11.8 Å². The summed E-state index contributed by atoms with van der Waals surface area (Å²) < 4.78 is 0. The van der Waals surface area contributed by atoms with Crippen LogP contribution in [-0.4, -0.2) is 49.9 Å². The van der Waals surface area contributed by atoms with Crippen LogP contribution in [0.3, 0.4) is 0 Å². The molecule has 0 atom stereocenters. The van der Waals surface area contributed by atoms with E-state index in [9.17, 15) is 9.59 Å². The highest BCUT2D eigenvalue weighted by Crippen LogP contribution is 2.10. The largest absolute Gasteiger partial charge is 0.355 e. The minimum atomic E-state index is -0.174. The monoisotopic (exact) mass is 261 g/mol. The molecule has 0 aromatic heterocycles. The lowest BCUT2D eigenvalue weighted by Gasteiger charge is -2.20. The molecule has 1 aromatic carbocycles. The van der Waals surface area contributed by atoms with E-state index in [0.717, 1.165) is 26.1 Å². The van der Waals surface area contributed by atoms with Crippen LogP contribution in [0.15, 0.2) is 24.3 Å². The van der Waals surface area contributed by atoms with Crippen molar-refractivity contribution in [3.8, 4) is 0 Å². The van der Waals surface area contributed by atoms with Crippen molar-refractivity contribution in [2.45, 2.75) is 6.42 Å². The van der Waals surface area contributed by atoms with Crippen molar-refractivity contribution in [3.63, 3.8) is 0 Å². The first-order valence-electron chi connectivity index (χ1n) is 6.54. The SMILES string of the molecule is CNC(=O)c1cccc(C(=O)N2CCCNCC2)c1. The fourth-order valence-corrected chi connectivity index (χ4v) is 2.17. The average Bonchev–Trinajstić information content (AvgIpc) is 2.75. The molecule has 0 unspecified atom stereocenters. The summed E-state index contributed by atoms with van der Waals surface area (Å²) >= 11 is 0.